The lowest BCUT2D eigenvalue weighted by Gasteiger charge is -2.10. The number of amides is 1. The Morgan fingerprint density at radius 1 is 1.26 bits per heavy atom. The van der Waals surface area contributed by atoms with Crippen LogP contribution >= 0.6 is 23.2 Å². The SMILES string of the molecule is CCNC(=O)C=C(C)C=CC(F)=C(C)C=Cc1c(Cl)cc(OC)c(C)c1Cl. The summed E-state index contributed by atoms with van der Waals surface area (Å²) in [5.74, 6) is -0.0370. The molecular weight excluding hydrogens is 388 g/mol. The summed E-state index contributed by atoms with van der Waals surface area (Å²) < 4.78 is 19.5. The average Bonchev–Trinajstić information content (AvgIpc) is 2.62. The highest BCUT2D eigenvalue weighted by atomic mass is 35.5. The van der Waals surface area contributed by atoms with Crippen LogP contribution in [0.2, 0.25) is 10.0 Å². The zero-order valence-corrected chi connectivity index (χ0v) is 17.6. The molecule has 0 unspecified atom stereocenters. The van der Waals surface area contributed by atoms with E-state index in [1.165, 1.54) is 12.2 Å². The number of carbonyl (C=O) groups is 1. The molecule has 0 saturated carbocycles. The van der Waals surface area contributed by atoms with Gasteiger partial charge in [-0.2, -0.15) is 0 Å². The maximum absolute atomic E-state index is 14.3. The maximum Gasteiger partial charge on any atom is 0.244 e. The van der Waals surface area contributed by atoms with Gasteiger partial charge in [-0.05, 0) is 51.0 Å². The Kier molecular flexibility index (Phi) is 9.33. The molecule has 0 aliphatic rings. The zero-order chi connectivity index (χ0) is 20.6. The maximum atomic E-state index is 14.3. The molecule has 0 heterocycles. The number of halogens is 3. The summed E-state index contributed by atoms with van der Waals surface area (Å²) in [5, 5.41) is 3.53. The van der Waals surface area contributed by atoms with Crippen molar-refractivity contribution >= 4 is 35.2 Å². The molecular formula is C21H24Cl2FNO2. The molecule has 0 aliphatic carbocycles. The number of carbonyl (C=O) groups excluding carboxylic acids is 1. The average molecular weight is 412 g/mol. The Morgan fingerprint density at radius 2 is 1.93 bits per heavy atom. The van der Waals surface area contributed by atoms with Crippen molar-refractivity contribution < 1.29 is 13.9 Å². The first kappa shape index (κ1) is 23.0. The van der Waals surface area contributed by atoms with Crippen molar-refractivity contribution in [2.45, 2.75) is 27.7 Å². The van der Waals surface area contributed by atoms with Crippen LogP contribution in [0.5, 0.6) is 5.75 Å². The number of allylic oxidation sites excluding steroid dienone is 6. The number of methoxy groups -OCH3 is 1. The number of ether oxygens (including phenoxy) is 1. The molecule has 1 aromatic rings. The van der Waals surface area contributed by atoms with Crippen LogP contribution in [-0.2, 0) is 4.79 Å². The fraction of sp³-hybridized carbons (Fsp3) is 0.286. The predicted octanol–water partition coefficient (Wildman–Crippen LogP) is 6.21. The van der Waals surface area contributed by atoms with Crippen molar-refractivity contribution in [1.29, 1.82) is 0 Å². The van der Waals surface area contributed by atoms with Gasteiger partial charge in [-0.3, -0.25) is 4.79 Å². The Balaban J connectivity index is 3.03. The van der Waals surface area contributed by atoms with Crippen molar-refractivity contribution in [3.05, 3.63) is 68.5 Å². The fourth-order valence-corrected chi connectivity index (χ4v) is 2.75. The minimum atomic E-state index is -0.424. The summed E-state index contributed by atoms with van der Waals surface area (Å²) in [6, 6.07) is 1.67. The Bertz CT molecular complexity index is 824. The zero-order valence-electron chi connectivity index (χ0n) is 16.1. The Labute approximate surface area is 170 Å². The molecule has 0 aliphatic heterocycles. The van der Waals surface area contributed by atoms with Crippen LogP contribution in [-0.4, -0.2) is 19.6 Å². The Morgan fingerprint density at radius 3 is 2.52 bits per heavy atom. The lowest BCUT2D eigenvalue weighted by atomic mass is 10.1. The molecule has 0 spiro atoms. The number of rotatable bonds is 7. The molecule has 0 radical (unpaired) electrons. The molecule has 0 atom stereocenters. The third kappa shape index (κ3) is 6.89. The molecule has 146 valence electrons. The van der Waals surface area contributed by atoms with Gasteiger partial charge in [-0.25, -0.2) is 4.39 Å². The molecule has 1 aromatic carbocycles. The largest absolute Gasteiger partial charge is 0.496 e. The third-order valence-corrected chi connectivity index (χ3v) is 4.55. The van der Waals surface area contributed by atoms with Gasteiger partial charge in [0.05, 0.1) is 17.2 Å². The quantitative estimate of drug-likeness (QED) is 0.427. The standard InChI is InChI=1S/C21H24Cl2FNO2/c1-6-25-20(26)11-13(2)7-10-18(24)14(3)8-9-16-17(22)12-19(27-5)15(4)21(16)23/h7-12H,6H2,1-5H3,(H,25,26). The highest BCUT2D eigenvalue weighted by molar-refractivity contribution is 6.38. The monoisotopic (exact) mass is 411 g/mol. The van der Waals surface area contributed by atoms with E-state index in [0.29, 0.717) is 39.0 Å². The summed E-state index contributed by atoms with van der Waals surface area (Å²) in [6.45, 7) is 7.56. The molecule has 0 fully saturated rings. The van der Waals surface area contributed by atoms with Crippen LogP contribution in [0.3, 0.4) is 0 Å². The van der Waals surface area contributed by atoms with E-state index < -0.39 is 5.83 Å². The van der Waals surface area contributed by atoms with Crippen LogP contribution in [0.4, 0.5) is 4.39 Å². The van der Waals surface area contributed by atoms with E-state index in [-0.39, 0.29) is 5.91 Å². The molecule has 27 heavy (non-hydrogen) atoms. The van der Waals surface area contributed by atoms with Gasteiger partial charge in [0, 0.05) is 23.7 Å². The lowest BCUT2D eigenvalue weighted by molar-refractivity contribution is -0.116. The van der Waals surface area contributed by atoms with Crippen LogP contribution in [0.1, 0.15) is 31.9 Å². The summed E-state index contributed by atoms with van der Waals surface area (Å²) in [5.41, 5.74) is 2.40. The van der Waals surface area contributed by atoms with Crippen LogP contribution in [0.25, 0.3) is 6.08 Å². The normalized spacial score (nSPS) is 13.3. The summed E-state index contributed by atoms with van der Waals surface area (Å²) >= 11 is 12.6. The van der Waals surface area contributed by atoms with E-state index in [1.54, 1.807) is 45.3 Å². The van der Waals surface area contributed by atoms with E-state index in [4.69, 9.17) is 27.9 Å². The van der Waals surface area contributed by atoms with Gasteiger partial charge in [0.1, 0.15) is 11.6 Å². The predicted molar refractivity (Wildman–Crippen MR) is 112 cm³/mol. The van der Waals surface area contributed by atoms with E-state index in [0.717, 1.165) is 5.56 Å². The van der Waals surface area contributed by atoms with Gasteiger partial charge in [0.2, 0.25) is 5.91 Å². The Hall–Kier alpha value is -2.04. The first-order valence-electron chi connectivity index (χ1n) is 8.42. The number of nitrogens with one attached hydrogen (secondary N) is 1. The molecule has 0 aromatic heterocycles. The van der Waals surface area contributed by atoms with Crippen molar-refractivity contribution in [3.63, 3.8) is 0 Å². The summed E-state index contributed by atoms with van der Waals surface area (Å²) in [6.07, 6.45) is 7.53. The van der Waals surface area contributed by atoms with E-state index >= 15 is 0 Å². The molecule has 0 bridgehead atoms. The van der Waals surface area contributed by atoms with Gasteiger partial charge in [0.25, 0.3) is 0 Å². The second-order valence-electron chi connectivity index (χ2n) is 5.89. The van der Waals surface area contributed by atoms with Crippen LogP contribution in [0, 0.1) is 6.92 Å². The minimum absolute atomic E-state index is 0.209. The first-order valence-corrected chi connectivity index (χ1v) is 9.18. The number of hydrogen-bond acceptors (Lipinski definition) is 2. The van der Waals surface area contributed by atoms with Crippen molar-refractivity contribution in [2.75, 3.05) is 13.7 Å². The molecule has 6 heteroatoms. The van der Waals surface area contributed by atoms with E-state index in [9.17, 15) is 9.18 Å². The topological polar surface area (TPSA) is 38.3 Å². The van der Waals surface area contributed by atoms with Gasteiger partial charge in [-0.1, -0.05) is 41.4 Å². The highest BCUT2D eigenvalue weighted by Crippen LogP contribution is 2.36. The van der Waals surface area contributed by atoms with Gasteiger partial charge in [-0.15, -0.1) is 0 Å². The summed E-state index contributed by atoms with van der Waals surface area (Å²) in [4.78, 5) is 11.5. The second kappa shape index (κ2) is 11.0. The molecule has 1 N–H and O–H groups in total. The van der Waals surface area contributed by atoms with Crippen LogP contribution < -0.4 is 10.1 Å². The second-order valence-corrected chi connectivity index (χ2v) is 6.68. The smallest absolute Gasteiger partial charge is 0.244 e. The van der Waals surface area contributed by atoms with Crippen molar-refractivity contribution in [1.82, 2.24) is 5.32 Å². The van der Waals surface area contributed by atoms with Gasteiger partial charge >= 0.3 is 0 Å². The minimum Gasteiger partial charge on any atom is -0.496 e. The van der Waals surface area contributed by atoms with E-state index in [1.807, 2.05) is 13.8 Å². The third-order valence-electron chi connectivity index (χ3n) is 3.75. The van der Waals surface area contributed by atoms with E-state index in [2.05, 4.69) is 5.32 Å². The summed E-state index contributed by atoms with van der Waals surface area (Å²) in [7, 11) is 1.54. The highest BCUT2D eigenvalue weighted by Gasteiger charge is 2.11. The molecule has 0 saturated heterocycles. The van der Waals surface area contributed by atoms with Crippen LogP contribution in [0.15, 0.2) is 47.3 Å². The molecule has 1 amide bonds. The first-order chi connectivity index (χ1) is 12.7. The number of benzene rings is 1. The lowest BCUT2D eigenvalue weighted by Crippen LogP contribution is -2.20. The molecule has 1 rings (SSSR count). The van der Waals surface area contributed by atoms with Gasteiger partial charge < -0.3 is 10.1 Å². The number of hydrogen-bond donors (Lipinski definition) is 1. The van der Waals surface area contributed by atoms with Crippen molar-refractivity contribution in [3.8, 4) is 5.75 Å². The molecule has 3 nitrogen and oxygen atoms in total. The fourth-order valence-electron chi connectivity index (χ4n) is 2.19. The number of likely N-dealkylation sites (N-methyl/N-ethyl adjacent to an activating group) is 1. The van der Waals surface area contributed by atoms with Gasteiger partial charge in [0.15, 0.2) is 0 Å². The van der Waals surface area contributed by atoms with Crippen molar-refractivity contribution in [2.24, 2.45) is 0 Å².